The number of ether oxygens (including phenoxy) is 3. The monoisotopic (exact) mass is 269 g/mol. The maximum Gasteiger partial charge on any atom is 0.322 e. The zero-order valence-corrected chi connectivity index (χ0v) is 11.0. The van der Waals surface area contributed by atoms with Crippen LogP contribution in [0.2, 0.25) is 0 Å². The molecule has 0 amide bonds. The molecule has 19 heavy (non-hydrogen) atoms. The highest BCUT2D eigenvalue weighted by atomic mass is 16.5. The molecule has 0 radical (unpaired) electrons. The highest BCUT2D eigenvalue weighted by Crippen LogP contribution is 2.09. The van der Waals surface area contributed by atoms with Crippen molar-refractivity contribution in [1.82, 2.24) is 15.0 Å². The van der Waals surface area contributed by atoms with Gasteiger partial charge in [0.2, 0.25) is 0 Å². The molecule has 0 aromatic carbocycles. The molecule has 1 aromatic rings. The van der Waals surface area contributed by atoms with Crippen molar-refractivity contribution in [1.29, 1.82) is 0 Å². The van der Waals surface area contributed by atoms with Gasteiger partial charge in [0.25, 0.3) is 0 Å². The Morgan fingerprint density at radius 2 is 1.63 bits per heavy atom. The number of carbonyl (C=O) groups excluding carboxylic acids is 2. The number of Topliss-reactive ketones (excluding diaryl/α,β-unsaturated/α-hetero) is 1. The lowest BCUT2D eigenvalue weighted by atomic mass is 10.2. The van der Waals surface area contributed by atoms with E-state index >= 15 is 0 Å². The number of nitrogens with zero attached hydrogens (tertiary/aromatic N) is 3. The van der Waals surface area contributed by atoms with Gasteiger partial charge < -0.3 is 14.2 Å². The average Bonchev–Trinajstić information content (AvgIpc) is 2.38. The van der Waals surface area contributed by atoms with Crippen LogP contribution in [0, 0.1) is 0 Å². The molecule has 1 rings (SSSR count). The zero-order chi connectivity index (χ0) is 14.3. The first-order valence-electron chi connectivity index (χ1n) is 5.59. The van der Waals surface area contributed by atoms with Gasteiger partial charge in [0.15, 0.2) is 5.78 Å². The summed E-state index contributed by atoms with van der Waals surface area (Å²) in [5.41, 5.74) is 0. The summed E-state index contributed by atoms with van der Waals surface area (Å²) in [4.78, 5) is 34.3. The minimum absolute atomic E-state index is 0.0470. The van der Waals surface area contributed by atoms with Crippen LogP contribution in [0.1, 0.15) is 19.2 Å². The highest BCUT2D eigenvalue weighted by Gasteiger charge is 2.15. The van der Waals surface area contributed by atoms with Crippen LogP contribution in [-0.2, 0) is 20.7 Å². The molecule has 8 nitrogen and oxygen atoms in total. The summed E-state index contributed by atoms with van der Waals surface area (Å²) in [6, 6.07) is 0.0940. The Morgan fingerprint density at radius 1 is 1.05 bits per heavy atom. The van der Waals surface area contributed by atoms with E-state index in [0.717, 1.165) is 0 Å². The number of hydrogen-bond acceptors (Lipinski definition) is 8. The number of esters is 1. The van der Waals surface area contributed by atoms with Gasteiger partial charge in [-0.2, -0.15) is 9.97 Å². The molecule has 0 spiro atoms. The van der Waals surface area contributed by atoms with E-state index in [-0.39, 0.29) is 43.1 Å². The Bertz CT molecular complexity index is 441. The largest absolute Gasteiger partial charge is 0.467 e. The van der Waals surface area contributed by atoms with Gasteiger partial charge in [-0.3, -0.25) is 9.59 Å². The predicted molar refractivity (Wildman–Crippen MR) is 62.9 cm³/mol. The predicted octanol–water partition coefficient (Wildman–Crippen LogP) is -0.0464. The molecular formula is C11H15N3O5. The third-order valence-electron chi connectivity index (χ3n) is 2.01. The van der Waals surface area contributed by atoms with Gasteiger partial charge in [-0.1, -0.05) is 0 Å². The molecule has 104 valence electrons. The summed E-state index contributed by atoms with van der Waals surface area (Å²) < 4.78 is 14.4. The highest BCUT2D eigenvalue weighted by molar-refractivity contribution is 5.96. The van der Waals surface area contributed by atoms with E-state index in [4.69, 9.17) is 9.47 Å². The topological polar surface area (TPSA) is 101 Å². The third kappa shape index (κ3) is 4.86. The first-order valence-corrected chi connectivity index (χ1v) is 5.59. The van der Waals surface area contributed by atoms with Crippen LogP contribution in [0.25, 0.3) is 0 Å². The third-order valence-corrected chi connectivity index (χ3v) is 2.01. The lowest BCUT2D eigenvalue weighted by molar-refractivity contribution is -0.145. The second-order valence-corrected chi connectivity index (χ2v) is 3.42. The zero-order valence-electron chi connectivity index (χ0n) is 11.0. The summed E-state index contributed by atoms with van der Waals surface area (Å²) in [7, 11) is 2.78. The lowest BCUT2D eigenvalue weighted by Crippen LogP contribution is -2.15. The second-order valence-electron chi connectivity index (χ2n) is 3.42. The SMILES string of the molecule is CCOC(=O)CC(=O)Cc1nc(OC)nc(OC)n1. The lowest BCUT2D eigenvalue weighted by Gasteiger charge is -2.04. The smallest absolute Gasteiger partial charge is 0.322 e. The molecular weight excluding hydrogens is 254 g/mol. The Labute approximate surface area is 110 Å². The molecule has 0 unspecified atom stereocenters. The van der Waals surface area contributed by atoms with E-state index in [0.29, 0.717) is 0 Å². The number of aromatic nitrogens is 3. The number of carbonyl (C=O) groups is 2. The number of ketones is 1. The summed E-state index contributed by atoms with van der Waals surface area (Å²) in [5.74, 6) is -0.743. The summed E-state index contributed by atoms with van der Waals surface area (Å²) in [6.45, 7) is 1.91. The van der Waals surface area contributed by atoms with Gasteiger partial charge in [0.1, 0.15) is 12.2 Å². The van der Waals surface area contributed by atoms with E-state index in [1.54, 1.807) is 6.92 Å². The second kappa shape index (κ2) is 7.24. The number of methoxy groups -OCH3 is 2. The quantitative estimate of drug-likeness (QED) is 0.502. The molecule has 0 aliphatic rings. The molecule has 1 heterocycles. The molecule has 0 aliphatic heterocycles. The minimum atomic E-state index is -0.569. The molecule has 0 saturated carbocycles. The van der Waals surface area contributed by atoms with Crippen molar-refractivity contribution in [2.75, 3.05) is 20.8 Å². The van der Waals surface area contributed by atoms with Crippen LogP contribution in [0.5, 0.6) is 12.0 Å². The Balaban J connectivity index is 2.70. The average molecular weight is 269 g/mol. The van der Waals surface area contributed by atoms with E-state index in [9.17, 15) is 9.59 Å². The van der Waals surface area contributed by atoms with Crippen LogP contribution < -0.4 is 9.47 Å². The van der Waals surface area contributed by atoms with Crippen molar-refractivity contribution in [2.24, 2.45) is 0 Å². The Hall–Kier alpha value is -2.25. The minimum Gasteiger partial charge on any atom is -0.467 e. The van der Waals surface area contributed by atoms with E-state index in [1.165, 1.54) is 14.2 Å². The van der Waals surface area contributed by atoms with Crippen LogP contribution in [0.15, 0.2) is 0 Å². The maximum atomic E-state index is 11.6. The molecule has 0 aliphatic carbocycles. The Morgan fingerprint density at radius 3 is 2.11 bits per heavy atom. The van der Waals surface area contributed by atoms with Crippen LogP contribution in [0.3, 0.4) is 0 Å². The molecule has 0 N–H and O–H groups in total. The van der Waals surface area contributed by atoms with Crippen molar-refractivity contribution in [3.63, 3.8) is 0 Å². The molecule has 0 saturated heterocycles. The standard InChI is InChI=1S/C11H15N3O5/c1-4-19-9(16)6-7(15)5-8-12-10(17-2)14-11(13-8)18-3/h4-6H2,1-3H3. The fourth-order valence-electron chi connectivity index (χ4n) is 1.25. The first-order chi connectivity index (χ1) is 9.08. The molecule has 0 fully saturated rings. The fraction of sp³-hybridized carbons (Fsp3) is 0.545. The van der Waals surface area contributed by atoms with Gasteiger partial charge in [0.05, 0.1) is 27.2 Å². The molecule has 0 bridgehead atoms. The Kier molecular flexibility index (Phi) is 5.65. The molecule has 8 heteroatoms. The van der Waals surface area contributed by atoms with Gasteiger partial charge >= 0.3 is 18.0 Å². The summed E-state index contributed by atoms with van der Waals surface area (Å²) >= 11 is 0. The number of rotatable bonds is 7. The van der Waals surface area contributed by atoms with Crippen molar-refractivity contribution in [3.05, 3.63) is 5.82 Å². The van der Waals surface area contributed by atoms with Crippen molar-refractivity contribution < 1.29 is 23.8 Å². The normalized spacial score (nSPS) is 9.84. The van der Waals surface area contributed by atoms with Gasteiger partial charge in [-0.25, -0.2) is 0 Å². The van der Waals surface area contributed by atoms with Crippen molar-refractivity contribution in [2.45, 2.75) is 19.8 Å². The van der Waals surface area contributed by atoms with Gasteiger partial charge in [-0.15, -0.1) is 4.98 Å². The fourth-order valence-corrected chi connectivity index (χ4v) is 1.25. The van der Waals surface area contributed by atoms with Crippen LogP contribution >= 0.6 is 0 Å². The van der Waals surface area contributed by atoms with E-state index < -0.39 is 5.97 Å². The van der Waals surface area contributed by atoms with E-state index in [2.05, 4.69) is 19.7 Å². The van der Waals surface area contributed by atoms with Crippen LogP contribution in [-0.4, -0.2) is 47.5 Å². The van der Waals surface area contributed by atoms with E-state index in [1.807, 2.05) is 0 Å². The molecule has 1 aromatic heterocycles. The summed E-state index contributed by atoms with van der Waals surface area (Å²) in [5, 5.41) is 0. The summed E-state index contributed by atoms with van der Waals surface area (Å²) in [6.07, 6.45) is -0.432. The first kappa shape index (κ1) is 14.8. The number of hydrogen-bond donors (Lipinski definition) is 0. The molecule has 0 atom stereocenters. The van der Waals surface area contributed by atoms with Crippen molar-refractivity contribution in [3.8, 4) is 12.0 Å². The van der Waals surface area contributed by atoms with Gasteiger partial charge in [-0.05, 0) is 6.92 Å². The van der Waals surface area contributed by atoms with Gasteiger partial charge in [0, 0.05) is 0 Å². The maximum absolute atomic E-state index is 11.6. The van der Waals surface area contributed by atoms with Crippen molar-refractivity contribution >= 4 is 11.8 Å². The van der Waals surface area contributed by atoms with Crippen LogP contribution in [0.4, 0.5) is 0 Å².